The summed E-state index contributed by atoms with van der Waals surface area (Å²) in [6.07, 6.45) is -2.37. The number of nitrogens with one attached hydrogen (secondary N) is 11. The van der Waals surface area contributed by atoms with Crippen molar-refractivity contribution in [3.05, 3.63) is 35.9 Å². The predicted octanol–water partition coefficient (Wildman–Crippen LogP) is -5.66. The van der Waals surface area contributed by atoms with E-state index in [2.05, 4.69) is 58.5 Å². The Kier molecular flexibility index (Phi) is 33.2. The Morgan fingerprint density at radius 1 is 0.476 bits per heavy atom. The van der Waals surface area contributed by atoms with Crippen LogP contribution in [0.15, 0.2) is 30.3 Å². The Morgan fingerprint density at radius 3 is 1.49 bits per heavy atom. The van der Waals surface area contributed by atoms with Gasteiger partial charge < -0.3 is 91.0 Å². The number of carbonyl (C=O) groups is 15. The van der Waals surface area contributed by atoms with E-state index in [1.165, 1.54) is 13.8 Å². The van der Waals surface area contributed by atoms with Crippen LogP contribution in [0, 0.1) is 11.8 Å². The number of amides is 12. The van der Waals surface area contributed by atoms with E-state index in [4.69, 9.17) is 17.2 Å². The van der Waals surface area contributed by atoms with E-state index < -0.39 is 194 Å². The van der Waals surface area contributed by atoms with Gasteiger partial charge >= 0.3 is 17.9 Å². The molecule has 0 aliphatic rings. The molecule has 0 fully saturated rings. The molecule has 20 N–H and O–H groups in total. The number of hydrogen-bond donors (Lipinski definition) is 17. The van der Waals surface area contributed by atoms with E-state index in [0.29, 0.717) is 12.0 Å². The second-order valence-electron chi connectivity index (χ2n) is 20.4. The Morgan fingerprint density at radius 2 is 0.952 bits per heavy atom. The van der Waals surface area contributed by atoms with Gasteiger partial charge in [0.2, 0.25) is 70.9 Å². The summed E-state index contributed by atoms with van der Waals surface area (Å²) >= 11 is 0. The van der Waals surface area contributed by atoms with Crippen LogP contribution in [0.2, 0.25) is 0 Å². The molecule has 9 atom stereocenters. The van der Waals surface area contributed by atoms with Crippen molar-refractivity contribution in [2.24, 2.45) is 29.0 Å². The van der Waals surface area contributed by atoms with Crippen LogP contribution in [0.3, 0.4) is 0 Å². The summed E-state index contributed by atoms with van der Waals surface area (Å²) in [7, 11) is 0. The predicted molar refractivity (Wildman–Crippen MR) is 296 cm³/mol. The number of nitrogens with two attached hydrogens (primary N) is 3. The minimum atomic E-state index is -1.78. The van der Waals surface area contributed by atoms with Gasteiger partial charge in [-0.05, 0) is 82.7 Å². The molecule has 84 heavy (non-hydrogen) atoms. The highest BCUT2D eigenvalue weighted by Gasteiger charge is 2.34. The van der Waals surface area contributed by atoms with Crippen molar-refractivity contribution in [3.8, 4) is 0 Å². The van der Waals surface area contributed by atoms with Gasteiger partial charge in [-0.25, -0.2) is 4.79 Å². The Balaban J connectivity index is 2.96. The van der Waals surface area contributed by atoms with Crippen LogP contribution in [0.25, 0.3) is 0 Å². The maximum Gasteiger partial charge on any atom is 0.326 e. The van der Waals surface area contributed by atoms with Gasteiger partial charge in [0.1, 0.15) is 48.3 Å². The number of aliphatic carboxylic acids is 3. The van der Waals surface area contributed by atoms with Crippen molar-refractivity contribution >= 4 is 88.8 Å². The van der Waals surface area contributed by atoms with Crippen LogP contribution >= 0.6 is 0 Å². The van der Waals surface area contributed by atoms with Gasteiger partial charge in [-0.2, -0.15) is 0 Å². The number of rotatable bonds is 40. The molecule has 0 spiro atoms. The average Bonchev–Trinajstić information content (AvgIpc) is 3.45. The van der Waals surface area contributed by atoms with Crippen LogP contribution in [-0.2, 0) is 78.3 Å². The molecule has 1 aromatic carbocycles. The highest BCUT2D eigenvalue weighted by atomic mass is 16.4. The zero-order chi connectivity index (χ0) is 63.8. The van der Waals surface area contributed by atoms with Crippen molar-refractivity contribution in [2.75, 3.05) is 26.2 Å². The summed E-state index contributed by atoms with van der Waals surface area (Å²) in [5, 5.41) is 53.9. The van der Waals surface area contributed by atoms with E-state index in [1.807, 2.05) is 0 Å². The molecule has 0 bridgehead atoms. The minimum absolute atomic E-state index is 0.0206. The number of hydrogen-bond acceptors (Lipinski definition) is 17. The zero-order valence-corrected chi connectivity index (χ0v) is 47.8. The number of carbonyl (C=O) groups excluding carboxylic acids is 12. The van der Waals surface area contributed by atoms with Crippen LogP contribution in [0.1, 0.15) is 105 Å². The van der Waals surface area contributed by atoms with Crippen molar-refractivity contribution in [3.63, 3.8) is 0 Å². The molecule has 0 aliphatic carbocycles. The van der Waals surface area contributed by atoms with Gasteiger partial charge in [0.25, 0.3) is 0 Å². The largest absolute Gasteiger partial charge is 0.481 e. The molecule has 0 aromatic heterocycles. The first-order valence-corrected chi connectivity index (χ1v) is 27.0. The fourth-order valence-electron chi connectivity index (χ4n) is 7.62. The van der Waals surface area contributed by atoms with E-state index in [9.17, 15) is 87.2 Å². The SMILES string of the molecule is CC(C)C[C@H](NC(=O)[C@H](CCC(N)=O)NC(=O)[C@H](C)NC(=O)CNC(=O)CNC(=O)[C@H](C)NC(=O)[C@H](CCCCN)NC(=O)[C@H](CCC(=O)O)NC(=O)[C@H](CC(=O)O)NC(=O)[C@@H](N)Cc1ccccc1)C(=O)NCC(=O)N[C@H](C(=O)O)C(C)C. The summed E-state index contributed by atoms with van der Waals surface area (Å²) in [5.74, 6) is -16.1. The third-order valence-electron chi connectivity index (χ3n) is 12.2. The number of benzene rings is 1. The smallest absolute Gasteiger partial charge is 0.326 e. The number of carboxylic acids is 3. The van der Waals surface area contributed by atoms with Crippen molar-refractivity contribution in [1.82, 2.24) is 58.5 Å². The van der Waals surface area contributed by atoms with E-state index in [0.717, 1.165) is 0 Å². The maximum atomic E-state index is 13.7. The molecular formula is C52H82N14O18. The third-order valence-corrected chi connectivity index (χ3v) is 12.2. The zero-order valence-electron chi connectivity index (χ0n) is 47.8. The number of primary amides is 1. The molecule has 0 heterocycles. The fraction of sp³-hybridized carbons (Fsp3) is 0.596. The lowest BCUT2D eigenvalue weighted by atomic mass is 10.0. The minimum Gasteiger partial charge on any atom is -0.481 e. The lowest BCUT2D eigenvalue weighted by Crippen LogP contribution is -2.59. The molecule has 1 aromatic rings. The molecule has 0 unspecified atom stereocenters. The van der Waals surface area contributed by atoms with Crippen LogP contribution in [0.4, 0.5) is 0 Å². The van der Waals surface area contributed by atoms with Gasteiger partial charge in [0, 0.05) is 12.8 Å². The van der Waals surface area contributed by atoms with Gasteiger partial charge in [0.05, 0.1) is 32.1 Å². The Labute approximate surface area is 484 Å². The fourth-order valence-corrected chi connectivity index (χ4v) is 7.62. The van der Waals surface area contributed by atoms with Gasteiger partial charge in [-0.3, -0.25) is 67.1 Å². The third kappa shape index (κ3) is 29.8. The molecule has 0 radical (unpaired) electrons. The number of carboxylic acid groups (broad SMARTS) is 3. The maximum absolute atomic E-state index is 13.7. The van der Waals surface area contributed by atoms with Crippen molar-refractivity contribution in [2.45, 2.75) is 160 Å². The monoisotopic (exact) mass is 1190 g/mol. The summed E-state index contributed by atoms with van der Waals surface area (Å²) in [6, 6.07) is -4.34. The van der Waals surface area contributed by atoms with Crippen LogP contribution < -0.4 is 75.7 Å². The van der Waals surface area contributed by atoms with E-state index in [1.54, 1.807) is 58.0 Å². The van der Waals surface area contributed by atoms with Gasteiger partial charge in [0.15, 0.2) is 0 Å². The summed E-state index contributed by atoms with van der Waals surface area (Å²) in [6.45, 7) is 7.13. The summed E-state index contributed by atoms with van der Waals surface area (Å²) < 4.78 is 0. The quantitative estimate of drug-likeness (QED) is 0.0272. The standard InChI is InChI=1S/C52H82N14O18/c1-26(2)20-35(47(78)58-25-40(70)66-43(27(3)4)52(83)84)65-50(81)33(15-17-37(55)67)61-45(76)29(6)59-39(69)24-56-38(68)23-57-44(75)28(5)60-48(79)32(14-10-11-19-53)62-49(80)34(16-18-41(71)72)63-51(82)36(22-42(73)74)64-46(77)31(54)21-30-12-8-7-9-13-30/h7-9,12-13,26-29,31-36,43H,10-11,14-25,53-54H2,1-6H3,(H2,55,67)(H,56,68)(H,57,75)(H,58,78)(H,59,69)(H,60,79)(H,61,76)(H,62,80)(H,63,82)(H,64,77)(H,65,81)(H,66,70)(H,71,72)(H,73,74)(H,83,84)/t28-,29-,31-,32-,33-,34-,35-,36-,43-/m0/s1. The van der Waals surface area contributed by atoms with E-state index in [-0.39, 0.29) is 44.6 Å². The number of unbranched alkanes of at least 4 members (excludes halogenated alkanes) is 1. The Hall–Kier alpha value is -8.81. The first kappa shape index (κ1) is 73.2. The first-order chi connectivity index (χ1) is 39.3. The lowest BCUT2D eigenvalue weighted by molar-refractivity contribution is -0.143. The second kappa shape index (κ2) is 38.1. The molecule has 0 saturated heterocycles. The average molecular weight is 1190 g/mol. The first-order valence-electron chi connectivity index (χ1n) is 27.0. The molecule has 32 nitrogen and oxygen atoms in total. The van der Waals surface area contributed by atoms with Gasteiger partial charge in [-0.1, -0.05) is 58.0 Å². The van der Waals surface area contributed by atoms with Crippen LogP contribution in [-0.4, -0.2) is 185 Å². The topological polar surface area (TPSA) is 527 Å². The highest BCUT2D eigenvalue weighted by molar-refractivity contribution is 5.99. The van der Waals surface area contributed by atoms with Crippen molar-refractivity contribution in [1.29, 1.82) is 0 Å². The molecule has 468 valence electrons. The Bertz CT molecular complexity index is 2480. The molecule has 1 rings (SSSR count). The highest BCUT2D eigenvalue weighted by Crippen LogP contribution is 2.10. The second-order valence-corrected chi connectivity index (χ2v) is 20.4. The molecule has 0 aliphatic heterocycles. The lowest BCUT2D eigenvalue weighted by Gasteiger charge is -2.26. The molecular weight excluding hydrogens is 1110 g/mol. The normalized spacial score (nSPS) is 14.1. The van der Waals surface area contributed by atoms with E-state index >= 15 is 0 Å². The van der Waals surface area contributed by atoms with Crippen LogP contribution in [0.5, 0.6) is 0 Å². The molecule has 12 amide bonds. The van der Waals surface area contributed by atoms with Gasteiger partial charge in [-0.15, -0.1) is 0 Å². The summed E-state index contributed by atoms with van der Waals surface area (Å²) in [4.78, 5) is 191. The molecule has 32 heteroatoms. The van der Waals surface area contributed by atoms with Crippen molar-refractivity contribution < 1.29 is 87.2 Å². The summed E-state index contributed by atoms with van der Waals surface area (Å²) in [5.41, 5.74) is 17.6. The molecule has 0 saturated carbocycles.